The first-order chi connectivity index (χ1) is 12.8. The summed E-state index contributed by atoms with van der Waals surface area (Å²) in [6.07, 6.45) is 2.54. The smallest absolute Gasteiger partial charge is 0.243 e. The van der Waals surface area contributed by atoms with E-state index in [1.54, 1.807) is 4.90 Å². The van der Waals surface area contributed by atoms with E-state index in [2.05, 4.69) is 0 Å². The third-order valence-corrected chi connectivity index (χ3v) is 7.30. The molecule has 1 amide bonds. The van der Waals surface area contributed by atoms with E-state index in [1.165, 1.54) is 16.4 Å². The lowest BCUT2D eigenvalue weighted by molar-refractivity contribution is -0.314. The highest BCUT2D eigenvalue weighted by molar-refractivity contribution is 7.89. The van der Waals surface area contributed by atoms with E-state index in [0.717, 1.165) is 25.0 Å². The van der Waals surface area contributed by atoms with Crippen LogP contribution >= 0.6 is 0 Å². The van der Waals surface area contributed by atoms with Crippen molar-refractivity contribution in [2.45, 2.75) is 30.6 Å². The van der Waals surface area contributed by atoms with E-state index in [1.807, 2.05) is 0 Å². The van der Waals surface area contributed by atoms with Crippen LogP contribution < -0.4 is 5.11 Å². The number of halogens is 1. The minimum atomic E-state index is -3.75. The summed E-state index contributed by atoms with van der Waals surface area (Å²) in [7, 11) is -3.75. The summed E-state index contributed by atoms with van der Waals surface area (Å²) in [6.45, 7) is 0.646. The number of nitrogens with zero attached hydrogens (tertiary/aromatic N) is 2. The molecule has 1 aromatic rings. The molecule has 148 valence electrons. The van der Waals surface area contributed by atoms with E-state index in [0.29, 0.717) is 12.8 Å². The molecule has 0 spiro atoms. The monoisotopic (exact) mass is 397 g/mol. The summed E-state index contributed by atoms with van der Waals surface area (Å²) >= 11 is 0. The standard InChI is InChI=1S/C18H23FN2O5S/c19-13-5-7-14(8-6-13)27(25,26)21-11-9-20(10-12-21)17(22)15-3-1-2-4-16(15)18(23)24/h5-8,15-16H,1-4,9-12H2,(H,23,24)/p-1/t15-,16-/m0/s1. The number of benzene rings is 1. The van der Waals surface area contributed by atoms with Gasteiger partial charge in [0.05, 0.1) is 4.90 Å². The zero-order valence-electron chi connectivity index (χ0n) is 14.8. The summed E-state index contributed by atoms with van der Waals surface area (Å²) in [5.74, 6) is -3.30. The summed E-state index contributed by atoms with van der Waals surface area (Å²) in [4.78, 5) is 25.6. The predicted octanol–water partition coefficient (Wildman–Crippen LogP) is 0.215. The third-order valence-electron chi connectivity index (χ3n) is 5.39. The fourth-order valence-electron chi connectivity index (χ4n) is 3.85. The number of hydrogen-bond acceptors (Lipinski definition) is 5. The fraction of sp³-hybridized carbons (Fsp3) is 0.556. The van der Waals surface area contributed by atoms with Gasteiger partial charge >= 0.3 is 0 Å². The van der Waals surface area contributed by atoms with E-state index in [-0.39, 0.29) is 37.0 Å². The van der Waals surface area contributed by atoms with Crippen LogP contribution in [0, 0.1) is 17.7 Å². The number of carbonyl (C=O) groups excluding carboxylic acids is 2. The van der Waals surface area contributed by atoms with Gasteiger partial charge in [0.15, 0.2) is 0 Å². The average Bonchev–Trinajstić information content (AvgIpc) is 2.68. The van der Waals surface area contributed by atoms with Gasteiger partial charge in [-0.3, -0.25) is 4.79 Å². The molecule has 0 unspecified atom stereocenters. The highest BCUT2D eigenvalue weighted by Crippen LogP contribution is 2.31. The summed E-state index contributed by atoms with van der Waals surface area (Å²) in [6, 6.07) is 4.62. The Morgan fingerprint density at radius 2 is 1.52 bits per heavy atom. The molecule has 0 N–H and O–H groups in total. The molecule has 1 aliphatic heterocycles. The van der Waals surface area contributed by atoms with E-state index >= 15 is 0 Å². The Morgan fingerprint density at radius 3 is 2.07 bits per heavy atom. The Hall–Kier alpha value is -2.00. The Bertz CT molecular complexity index is 804. The maximum absolute atomic E-state index is 13.0. The maximum Gasteiger partial charge on any atom is 0.243 e. The van der Waals surface area contributed by atoms with Crippen LogP contribution in [0.4, 0.5) is 4.39 Å². The molecule has 1 aliphatic carbocycles. The molecule has 2 aliphatic rings. The molecular formula is C18H22FN2O5S-. The van der Waals surface area contributed by atoms with Gasteiger partial charge in [0.1, 0.15) is 5.82 Å². The normalized spacial score (nSPS) is 24.6. The maximum atomic E-state index is 13.0. The largest absolute Gasteiger partial charge is 0.550 e. The number of piperazine rings is 1. The molecular weight excluding hydrogens is 375 g/mol. The molecule has 2 fully saturated rings. The fourth-order valence-corrected chi connectivity index (χ4v) is 5.27. The van der Waals surface area contributed by atoms with Crippen molar-refractivity contribution in [3.63, 3.8) is 0 Å². The molecule has 3 rings (SSSR count). The minimum absolute atomic E-state index is 0.00738. The van der Waals surface area contributed by atoms with Crippen LogP contribution in [0.2, 0.25) is 0 Å². The molecule has 7 nitrogen and oxygen atoms in total. The first kappa shape index (κ1) is 19.8. The molecule has 1 heterocycles. The lowest BCUT2D eigenvalue weighted by Gasteiger charge is -2.39. The van der Waals surface area contributed by atoms with Gasteiger partial charge in [-0.05, 0) is 37.1 Å². The minimum Gasteiger partial charge on any atom is -0.550 e. The molecule has 27 heavy (non-hydrogen) atoms. The number of carboxylic acid groups (broad SMARTS) is 1. The molecule has 0 aromatic heterocycles. The van der Waals surface area contributed by atoms with Crippen LogP contribution in [-0.4, -0.2) is 55.7 Å². The van der Waals surface area contributed by atoms with Crippen LogP contribution in [0.5, 0.6) is 0 Å². The molecule has 1 saturated heterocycles. The number of rotatable bonds is 4. The molecule has 2 atom stereocenters. The number of sulfonamides is 1. The molecule has 9 heteroatoms. The second kappa shape index (κ2) is 7.93. The van der Waals surface area contributed by atoms with E-state index < -0.39 is 33.6 Å². The van der Waals surface area contributed by atoms with Gasteiger partial charge in [-0.15, -0.1) is 0 Å². The number of carbonyl (C=O) groups is 2. The second-order valence-corrected chi connectivity index (χ2v) is 8.94. The van der Waals surface area contributed by atoms with Crippen molar-refractivity contribution in [2.24, 2.45) is 11.8 Å². The summed E-state index contributed by atoms with van der Waals surface area (Å²) in [5.41, 5.74) is 0. The SMILES string of the molecule is O=C([O-])[C@H]1CCCC[C@@H]1C(=O)N1CCN(S(=O)(=O)c2ccc(F)cc2)CC1. The van der Waals surface area contributed by atoms with Gasteiger partial charge in [0, 0.05) is 44.0 Å². The Morgan fingerprint density at radius 1 is 0.963 bits per heavy atom. The van der Waals surface area contributed by atoms with Crippen LogP contribution in [0.15, 0.2) is 29.2 Å². The van der Waals surface area contributed by atoms with Crippen molar-refractivity contribution in [2.75, 3.05) is 26.2 Å². The zero-order chi connectivity index (χ0) is 19.6. The van der Waals surface area contributed by atoms with Gasteiger partial charge in [0.2, 0.25) is 15.9 Å². The van der Waals surface area contributed by atoms with E-state index in [9.17, 15) is 27.5 Å². The molecule has 0 bridgehead atoms. The number of aliphatic carboxylic acids is 1. The number of carboxylic acids is 1. The second-order valence-electron chi connectivity index (χ2n) is 7.00. The van der Waals surface area contributed by atoms with Crippen molar-refractivity contribution >= 4 is 21.9 Å². The third kappa shape index (κ3) is 4.14. The highest BCUT2D eigenvalue weighted by atomic mass is 32.2. The van der Waals surface area contributed by atoms with Gasteiger partial charge < -0.3 is 14.8 Å². The summed E-state index contributed by atoms with van der Waals surface area (Å²) in [5, 5.41) is 11.3. The van der Waals surface area contributed by atoms with Crippen molar-refractivity contribution in [1.29, 1.82) is 0 Å². The van der Waals surface area contributed by atoms with Crippen molar-refractivity contribution < 1.29 is 27.5 Å². The van der Waals surface area contributed by atoms with Crippen molar-refractivity contribution in [1.82, 2.24) is 9.21 Å². The van der Waals surface area contributed by atoms with Gasteiger partial charge in [-0.2, -0.15) is 4.31 Å². The lowest BCUT2D eigenvalue weighted by atomic mass is 9.78. The molecule has 1 saturated carbocycles. The van der Waals surface area contributed by atoms with Crippen LogP contribution in [0.1, 0.15) is 25.7 Å². The highest BCUT2D eigenvalue weighted by Gasteiger charge is 2.37. The predicted molar refractivity (Wildman–Crippen MR) is 92.2 cm³/mol. The molecule has 0 radical (unpaired) electrons. The Labute approximate surface area is 157 Å². The first-order valence-electron chi connectivity index (χ1n) is 9.06. The van der Waals surface area contributed by atoms with Gasteiger partial charge in [-0.1, -0.05) is 12.8 Å². The van der Waals surface area contributed by atoms with Crippen molar-refractivity contribution in [3.05, 3.63) is 30.1 Å². The Balaban J connectivity index is 1.65. The van der Waals surface area contributed by atoms with Crippen LogP contribution in [0.25, 0.3) is 0 Å². The van der Waals surface area contributed by atoms with Gasteiger partial charge in [0.25, 0.3) is 0 Å². The van der Waals surface area contributed by atoms with E-state index in [4.69, 9.17) is 0 Å². The lowest BCUT2D eigenvalue weighted by Crippen LogP contribution is -2.54. The Kier molecular flexibility index (Phi) is 5.81. The molecule has 1 aromatic carbocycles. The topological polar surface area (TPSA) is 97.8 Å². The zero-order valence-corrected chi connectivity index (χ0v) is 15.7. The summed E-state index contributed by atoms with van der Waals surface area (Å²) < 4.78 is 39.6. The van der Waals surface area contributed by atoms with Crippen LogP contribution in [-0.2, 0) is 19.6 Å². The van der Waals surface area contributed by atoms with Crippen molar-refractivity contribution in [3.8, 4) is 0 Å². The number of hydrogen-bond donors (Lipinski definition) is 0. The number of amides is 1. The average molecular weight is 397 g/mol. The van der Waals surface area contributed by atoms with Gasteiger partial charge in [-0.25, -0.2) is 12.8 Å². The quantitative estimate of drug-likeness (QED) is 0.724. The van der Waals surface area contributed by atoms with Crippen LogP contribution in [0.3, 0.4) is 0 Å². The first-order valence-corrected chi connectivity index (χ1v) is 10.5.